The van der Waals surface area contributed by atoms with E-state index >= 15 is 0 Å². The zero-order valence-corrected chi connectivity index (χ0v) is 14.9. The Morgan fingerprint density at radius 2 is 1.88 bits per heavy atom. The van der Waals surface area contributed by atoms with E-state index < -0.39 is 11.6 Å². The first-order valence-corrected chi connectivity index (χ1v) is 9.21. The minimum absolute atomic E-state index is 0.110. The van der Waals surface area contributed by atoms with E-state index in [2.05, 4.69) is 16.0 Å². The number of halogens is 1. The molecule has 3 rings (SSSR count). The minimum Gasteiger partial charge on any atom is -0.477 e. The first kappa shape index (κ1) is 18.0. The molecule has 0 bridgehead atoms. The van der Waals surface area contributed by atoms with E-state index in [1.54, 1.807) is 24.3 Å². The highest BCUT2D eigenvalue weighted by molar-refractivity contribution is 6.30. The van der Waals surface area contributed by atoms with Crippen LogP contribution in [0.5, 0.6) is 5.75 Å². The van der Waals surface area contributed by atoms with E-state index in [1.165, 1.54) is 0 Å². The van der Waals surface area contributed by atoms with Gasteiger partial charge in [-0.1, -0.05) is 11.6 Å². The third-order valence-electron chi connectivity index (χ3n) is 4.79. The molecule has 7 heteroatoms. The maximum atomic E-state index is 13.0. The molecule has 2 heterocycles. The fourth-order valence-corrected chi connectivity index (χ4v) is 3.43. The molecule has 136 valence electrons. The van der Waals surface area contributed by atoms with Crippen LogP contribution >= 0.6 is 11.6 Å². The van der Waals surface area contributed by atoms with E-state index in [4.69, 9.17) is 16.3 Å². The van der Waals surface area contributed by atoms with Crippen molar-refractivity contribution in [2.75, 3.05) is 19.6 Å². The van der Waals surface area contributed by atoms with Gasteiger partial charge >= 0.3 is 0 Å². The van der Waals surface area contributed by atoms with E-state index in [0.29, 0.717) is 49.7 Å². The first-order chi connectivity index (χ1) is 12.1. The van der Waals surface area contributed by atoms with Gasteiger partial charge in [0.2, 0.25) is 5.91 Å². The number of carbonyl (C=O) groups excluding carboxylic acids is 2. The molecule has 1 aromatic carbocycles. The van der Waals surface area contributed by atoms with Crippen LogP contribution in [0.15, 0.2) is 24.3 Å². The predicted octanol–water partition coefficient (Wildman–Crippen LogP) is 1.63. The van der Waals surface area contributed by atoms with Crippen molar-refractivity contribution in [3.63, 3.8) is 0 Å². The van der Waals surface area contributed by atoms with Gasteiger partial charge in [0, 0.05) is 24.4 Å². The van der Waals surface area contributed by atoms with Crippen LogP contribution in [0.3, 0.4) is 0 Å². The van der Waals surface area contributed by atoms with Gasteiger partial charge in [-0.05, 0) is 56.6 Å². The Morgan fingerprint density at radius 3 is 2.60 bits per heavy atom. The maximum absolute atomic E-state index is 13.0. The van der Waals surface area contributed by atoms with Gasteiger partial charge in [-0.3, -0.25) is 9.59 Å². The molecule has 2 aliphatic rings. The summed E-state index contributed by atoms with van der Waals surface area (Å²) in [4.78, 5) is 25.2. The summed E-state index contributed by atoms with van der Waals surface area (Å²) in [7, 11) is 0. The van der Waals surface area contributed by atoms with Gasteiger partial charge in [-0.15, -0.1) is 0 Å². The number of hydrogen-bond donors (Lipinski definition) is 3. The molecule has 0 spiro atoms. The monoisotopic (exact) mass is 365 g/mol. The second-order valence-corrected chi connectivity index (χ2v) is 7.05. The second-order valence-electron chi connectivity index (χ2n) is 6.61. The maximum Gasteiger partial charge on any atom is 0.264 e. The Labute approximate surface area is 152 Å². The number of amides is 2. The Balaban J connectivity index is 1.75. The number of piperidine rings is 1. The van der Waals surface area contributed by atoms with Crippen LogP contribution in [0.4, 0.5) is 0 Å². The van der Waals surface area contributed by atoms with Crippen LogP contribution in [-0.4, -0.2) is 43.1 Å². The average Bonchev–Trinajstić information content (AvgIpc) is 2.82. The summed E-state index contributed by atoms with van der Waals surface area (Å²) in [6, 6.07) is 6.51. The van der Waals surface area contributed by atoms with Crippen molar-refractivity contribution in [1.82, 2.24) is 16.0 Å². The third kappa shape index (κ3) is 4.44. The molecule has 2 fully saturated rings. The molecular formula is C18H24ClN3O3. The smallest absolute Gasteiger partial charge is 0.264 e. The Kier molecular flexibility index (Phi) is 5.81. The van der Waals surface area contributed by atoms with Crippen LogP contribution in [-0.2, 0) is 9.59 Å². The highest BCUT2D eigenvalue weighted by atomic mass is 35.5. The first-order valence-electron chi connectivity index (χ1n) is 8.83. The predicted molar refractivity (Wildman–Crippen MR) is 95.7 cm³/mol. The van der Waals surface area contributed by atoms with Crippen molar-refractivity contribution in [2.24, 2.45) is 0 Å². The zero-order valence-electron chi connectivity index (χ0n) is 14.1. The molecule has 2 saturated heterocycles. The van der Waals surface area contributed by atoms with Crippen molar-refractivity contribution in [2.45, 2.75) is 43.7 Å². The summed E-state index contributed by atoms with van der Waals surface area (Å²) in [6.07, 6.45) is 3.61. The summed E-state index contributed by atoms with van der Waals surface area (Å²) in [6.45, 7) is 2.05. The van der Waals surface area contributed by atoms with Crippen molar-refractivity contribution in [3.05, 3.63) is 29.3 Å². The molecule has 1 aromatic rings. The van der Waals surface area contributed by atoms with Gasteiger partial charge in [0.15, 0.2) is 5.60 Å². The van der Waals surface area contributed by atoms with Gasteiger partial charge < -0.3 is 20.7 Å². The van der Waals surface area contributed by atoms with Crippen LogP contribution in [0, 0.1) is 0 Å². The van der Waals surface area contributed by atoms with Gasteiger partial charge in [0.1, 0.15) is 11.8 Å². The van der Waals surface area contributed by atoms with Crippen molar-refractivity contribution in [1.29, 1.82) is 0 Å². The third-order valence-corrected chi connectivity index (χ3v) is 5.04. The largest absolute Gasteiger partial charge is 0.477 e. The van der Waals surface area contributed by atoms with E-state index in [-0.39, 0.29) is 11.8 Å². The highest BCUT2D eigenvalue weighted by Crippen LogP contribution is 2.28. The number of carbonyl (C=O) groups is 2. The van der Waals surface area contributed by atoms with Gasteiger partial charge in [0.05, 0.1) is 0 Å². The molecule has 0 aliphatic carbocycles. The Hall–Kier alpha value is -1.79. The van der Waals surface area contributed by atoms with Crippen LogP contribution in [0.25, 0.3) is 0 Å². The zero-order chi connectivity index (χ0) is 17.7. The summed E-state index contributed by atoms with van der Waals surface area (Å²) in [5, 5.41) is 9.64. The normalized spacial score (nSPS) is 23.2. The molecule has 6 nitrogen and oxygen atoms in total. The molecule has 1 unspecified atom stereocenters. The Morgan fingerprint density at radius 1 is 1.16 bits per heavy atom. The molecule has 0 radical (unpaired) electrons. The molecule has 3 N–H and O–H groups in total. The van der Waals surface area contributed by atoms with Crippen molar-refractivity contribution >= 4 is 23.4 Å². The van der Waals surface area contributed by atoms with Gasteiger partial charge in [-0.2, -0.15) is 0 Å². The van der Waals surface area contributed by atoms with Gasteiger partial charge in [-0.25, -0.2) is 0 Å². The summed E-state index contributed by atoms with van der Waals surface area (Å²) >= 11 is 5.92. The minimum atomic E-state index is -0.967. The SMILES string of the molecule is O=C1NCCCCC1NC(=O)C1(Oc2ccc(Cl)cc2)CCNCC1. The quantitative estimate of drug-likeness (QED) is 0.757. The summed E-state index contributed by atoms with van der Waals surface area (Å²) in [5.41, 5.74) is -0.967. The summed E-state index contributed by atoms with van der Waals surface area (Å²) < 4.78 is 6.13. The van der Waals surface area contributed by atoms with Crippen LogP contribution in [0.1, 0.15) is 32.1 Å². The number of ether oxygens (including phenoxy) is 1. The number of rotatable bonds is 4. The molecule has 0 saturated carbocycles. The van der Waals surface area contributed by atoms with E-state index in [9.17, 15) is 9.59 Å². The molecule has 0 aromatic heterocycles. The number of nitrogens with one attached hydrogen (secondary N) is 3. The summed E-state index contributed by atoms with van der Waals surface area (Å²) in [5.74, 6) is 0.277. The van der Waals surface area contributed by atoms with Crippen molar-refractivity contribution in [3.8, 4) is 5.75 Å². The van der Waals surface area contributed by atoms with Crippen LogP contribution in [0.2, 0.25) is 5.02 Å². The average molecular weight is 366 g/mol. The van der Waals surface area contributed by atoms with E-state index in [1.807, 2.05) is 0 Å². The number of benzene rings is 1. The number of hydrogen-bond acceptors (Lipinski definition) is 4. The lowest BCUT2D eigenvalue weighted by Crippen LogP contribution is -2.60. The topological polar surface area (TPSA) is 79.5 Å². The standard InChI is InChI=1S/C18H24ClN3O3/c19-13-4-6-14(7-5-13)25-18(8-11-20-12-9-18)17(24)22-15-3-1-2-10-21-16(15)23/h4-7,15,20H,1-3,8-12H2,(H,21,23)(H,22,24). The molecule has 1 atom stereocenters. The highest BCUT2D eigenvalue weighted by Gasteiger charge is 2.43. The molecule has 25 heavy (non-hydrogen) atoms. The van der Waals surface area contributed by atoms with Crippen LogP contribution < -0.4 is 20.7 Å². The van der Waals surface area contributed by atoms with Crippen molar-refractivity contribution < 1.29 is 14.3 Å². The van der Waals surface area contributed by atoms with Gasteiger partial charge in [0.25, 0.3) is 5.91 Å². The molecule has 2 amide bonds. The van der Waals surface area contributed by atoms with E-state index in [0.717, 1.165) is 12.8 Å². The lowest BCUT2D eigenvalue weighted by molar-refractivity contribution is -0.142. The fraction of sp³-hybridized carbons (Fsp3) is 0.556. The fourth-order valence-electron chi connectivity index (χ4n) is 3.30. The lowest BCUT2D eigenvalue weighted by atomic mass is 9.90. The molecular weight excluding hydrogens is 342 g/mol. The second kappa shape index (κ2) is 8.06. The lowest BCUT2D eigenvalue weighted by Gasteiger charge is -2.37. The Bertz CT molecular complexity index is 614. The molecule has 2 aliphatic heterocycles.